The molecule has 0 aromatic heterocycles. The average Bonchev–Trinajstić information content (AvgIpc) is 2.33. The van der Waals surface area contributed by atoms with Crippen LogP contribution in [0, 0.1) is 0 Å². The summed E-state index contributed by atoms with van der Waals surface area (Å²) in [6.07, 6.45) is 0. The van der Waals surface area contributed by atoms with E-state index in [9.17, 15) is 4.79 Å². The summed E-state index contributed by atoms with van der Waals surface area (Å²) in [7, 11) is 3.38. The molecule has 0 aliphatic carbocycles. The van der Waals surface area contributed by atoms with Crippen LogP contribution in [0.15, 0.2) is 18.2 Å². The summed E-state index contributed by atoms with van der Waals surface area (Å²) in [6.45, 7) is 7.06. The molecule has 0 saturated carbocycles. The molecule has 1 aromatic carbocycles. The van der Waals surface area contributed by atoms with E-state index in [0.29, 0.717) is 10.8 Å². The van der Waals surface area contributed by atoms with E-state index in [4.69, 9.17) is 16.3 Å². The largest absolute Gasteiger partial charge is 0.482 e. The molecule has 0 aliphatic heterocycles. The van der Waals surface area contributed by atoms with Crippen LogP contribution in [0.5, 0.6) is 5.75 Å². The van der Waals surface area contributed by atoms with E-state index in [1.807, 2.05) is 12.1 Å². The van der Waals surface area contributed by atoms with E-state index in [-0.39, 0.29) is 18.1 Å². The lowest BCUT2D eigenvalue weighted by Gasteiger charge is -2.20. The first-order valence-electron chi connectivity index (χ1n) is 6.55. The van der Waals surface area contributed by atoms with Gasteiger partial charge in [0.1, 0.15) is 5.75 Å². The minimum absolute atomic E-state index is 0.00763. The van der Waals surface area contributed by atoms with Crippen LogP contribution in [0.2, 0.25) is 5.02 Å². The number of carbonyl (C=O) groups is 1. The van der Waals surface area contributed by atoms with Crippen LogP contribution in [0.3, 0.4) is 0 Å². The molecule has 1 N–H and O–H groups in total. The van der Waals surface area contributed by atoms with Crippen LogP contribution in [0.25, 0.3) is 0 Å². The third-order valence-electron chi connectivity index (χ3n) is 2.67. The van der Waals surface area contributed by atoms with Crippen molar-refractivity contribution in [3.8, 4) is 5.75 Å². The summed E-state index contributed by atoms with van der Waals surface area (Å²) in [5.74, 6) is 0.431. The van der Waals surface area contributed by atoms with Gasteiger partial charge in [0, 0.05) is 26.2 Å². The zero-order chi connectivity index (χ0) is 15.3. The maximum Gasteiger partial charge on any atom is 0.259 e. The summed E-state index contributed by atoms with van der Waals surface area (Å²) >= 11 is 6.16. The average molecular weight is 299 g/mol. The highest BCUT2D eigenvalue weighted by Gasteiger charge is 2.11. The molecule has 0 radical (unpaired) electrons. The van der Waals surface area contributed by atoms with Gasteiger partial charge in [0.15, 0.2) is 6.61 Å². The third-order valence-corrected chi connectivity index (χ3v) is 2.96. The van der Waals surface area contributed by atoms with Crippen molar-refractivity contribution in [2.24, 2.45) is 0 Å². The van der Waals surface area contributed by atoms with E-state index in [0.717, 1.165) is 12.1 Å². The van der Waals surface area contributed by atoms with Crippen molar-refractivity contribution in [1.82, 2.24) is 10.2 Å². The number of benzene rings is 1. The quantitative estimate of drug-likeness (QED) is 0.909. The Bertz CT molecular complexity index is 467. The molecule has 0 spiro atoms. The Hall–Kier alpha value is -1.26. The predicted molar refractivity (Wildman–Crippen MR) is 82.2 cm³/mol. The van der Waals surface area contributed by atoms with E-state index >= 15 is 0 Å². The fraction of sp³-hybridized carbons (Fsp3) is 0.533. The first-order chi connectivity index (χ1) is 9.19. The van der Waals surface area contributed by atoms with Crippen LogP contribution in [-0.4, -0.2) is 37.0 Å². The van der Waals surface area contributed by atoms with Gasteiger partial charge in [-0.05, 0) is 38.5 Å². The van der Waals surface area contributed by atoms with Crippen LogP contribution >= 0.6 is 11.6 Å². The summed E-state index contributed by atoms with van der Waals surface area (Å²) in [4.78, 5) is 12.9. The lowest BCUT2D eigenvalue weighted by molar-refractivity contribution is -0.130. The smallest absolute Gasteiger partial charge is 0.259 e. The predicted octanol–water partition coefficient (Wildman–Crippen LogP) is 2.70. The number of hydrogen-bond donors (Lipinski definition) is 1. The van der Waals surface area contributed by atoms with Gasteiger partial charge >= 0.3 is 0 Å². The number of nitrogens with one attached hydrogen (secondary N) is 1. The van der Waals surface area contributed by atoms with Gasteiger partial charge in [-0.15, -0.1) is 0 Å². The zero-order valence-electron chi connectivity index (χ0n) is 12.8. The van der Waals surface area contributed by atoms with Gasteiger partial charge in [0.25, 0.3) is 5.91 Å². The van der Waals surface area contributed by atoms with Crippen molar-refractivity contribution in [1.29, 1.82) is 0 Å². The van der Waals surface area contributed by atoms with Crippen molar-refractivity contribution in [3.05, 3.63) is 28.8 Å². The number of carbonyl (C=O) groups excluding carboxylic acids is 1. The van der Waals surface area contributed by atoms with E-state index < -0.39 is 0 Å². The van der Waals surface area contributed by atoms with Gasteiger partial charge in [-0.25, -0.2) is 0 Å². The van der Waals surface area contributed by atoms with Crippen LogP contribution < -0.4 is 10.1 Å². The monoisotopic (exact) mass is 298 g/mol. The molecule has 20 heavy (non-hydrogen) atoms. The van der Waals surface area contributed by atoms with E-state index in [1.54, 1.807) is 20.2 Å². The Morgan fingerprint density at radius 1 is 1.35 bits per heavy atom. The number of rotatable bonds is 5. The summed E-state index contributed by atoms with van der Waals surface area (Å²) < 4.78 is 5.42. The van der Waals surface area contributed by atoms with Crippen LogP contribution in [0.4, 0.5) is 0 Å². The minimum atomic E-state index is -0.0976. The van der Waals surface area contributed by atoms with Gasteiger partial charge in [-0.2, -0.15) is 0 Å². The Morgan fingerprint density at radius 3 is 2.50 bits per heavy atom. The van der Waals surface area contributed by atoms with Gasteiger partial charge in [0.2, 0.25) is 0 Å². The first kappa shape index (κ1) is 16.8. The van der Waals surface area contributed by atoms with Crippen molar-refractivity contribution in [2.45, 2.75) is 32.9 Å². The fourth-order valence-corrected chi connectivity index (χ4v) is 1.66. The van der Waals surface area contributed by atoms with Gasteiger partial charge < -0.3 is 15.0 Å². The van der Waals surface area contributed by atoms with Crippen LogP contribution in [0.1, 0.15) is 26.3 Å². The zero-order valence-corrected chi connectivity index (χ0v) is 13.5. The molecule has 0 atom stereocenters. The molecule has 0 heterocycles. The van der Waals surface area contributed by atoms with Gasteiger partial charge in [0.05, 0.1) is 5.02 Å². The second kappa shape index (κ2) is 6.95. The highest BCUT2D eigenvalue weighted by Crippen LogP contribution is 2.25. The maximum atomic E-state index is 11.5. The standard InChI is InChI=1S/C15H23ClN2O2/c1-15(2,3)17-9-11-6-7-13(12(16)8-11)20-10-14(19)18(4)5/h6-8,17H,9-10H2,1-5H3. The molecule has 1 amide bonds. The molecular weight excluding hydrogens is 276 g/mol. The highest BCUT2D eigenvalue weighted by atomic mass is 35.5. The van der Waals surface area contributed by atoms with E-state index in [2.05, 4.69) is 26.1 Å². The lowest BCUT2D eigenvalue weighted by Crippen LogP contribution is -2.35. The SMILES string of the molecule is CN(C)C(=O)COc1ccc(CNC(C)(C)C)cc1Cl. The molecule has 4 nitrogen and oxygen atoms in total. The number of hydrogen-bond acceptors (Lipinski definition) is 3. The lowest BCUT2D eigenvalue weighted by atomic mass is 10.1. The molecule has 5 heteroatoms. The second-order valence-corrected chi connectivity index (χ2v) is 6.35. The summed E-state index contributed by atoms with van der Waals surface area (Å²) in [5, 5.41) is 3.91. The van der Waals surface area contributed by atoms with Gasteiger partial charge in [-0.3, -0.25) is 4.79 Å². The number of nitrogens with zero attached hydrogens (tertiary/aromatic N) is 1. The molecule has 0 unspecified atom stereocenters. The first-order valence-corrected chi connectivity index (χ1v) is 6.93. The number of ether oxygens (including phenoxy) is 1. The normalized spacial score (nSPS) is 11.3. The van der Waals surface area contributed by atoms with Crippen molar-refractivity contribution >= 4 is 17.5 Å². The molecule has 0 aliphatic rings. The number of halogens is 1. The molecular formula is C15H23ClN2O2. The molecule has 0 saturated heterocycles. The molecule has 0 bridgehead atoms. The number of likely N-dealkylation sites (N-methyl/N-ethyl adjacent to an activating group) is 1. The summed E-state index contributed by atoms with van der Waals surface area (Å²) in [6, 6.07) is 5.60. The maximum absolute atomic E-state index is 11.5. The Labute approximate surface area is 126 Å². The highest BCUT2D eigenvalue weighted by molar-refractivity contribution is 6.32. The Balaban J connectivity index is 2.62. The summed E-state index contributed by atoms with van der Waals surface area (Å²) in [5.41, 5.74) is 1.14. The fourth-order valence-electron chi connectivity index (χ4n) is 1.41. The number of amides is 1. The Kier molecular flexibility index (Phi) is 5.84. The third kappa shape index (κ3) is 5.80. The molecule has 1 aromatic rings. The topological polar surface area (TPSA) is 41.6 Å². The van der Waals surface area contributed by atoms with Crippen molar-refractivity contribution < 1.29 is 9.53 Å². The molecule has 0 fully saturated rings. The Morgan fingerprint density at radius 2 is 2.00 bits per heavy atom. The minimum Gasteiger partial charge on any atom is -0.482 e. The second-order valence-electron chi connectivity index (χ2n) is 5.95. The molecule has 1 rings (SSSR count). The van der Waals surface area contributed by atoms with Crippen LogP contribution in [-0.2, 0) is 11.3 Å². The van der Waals surface area contributed by atoms with Gasteiger partial charge in [-0.1, -0.05) is 17.7 Å². The van der Waals surface area contributed by atoms with Crippen molar-refractivity contribution in [2.75, 3.05) is 20.7 Å². The van der Waals surface area contributed by atoms with E-state index in [1.165, 1.54) is 4.90 Å². The molecule has 112 valence electrons. The van der Waals surface area contributed by atoms with Crippen molar-refractivity contribution in [3.63, 3.8) is 0 Å².